The first-order valence-corrected chi connectivity index (χ1v) is 10.1. The second-order valence-corrected chi connectivity index (χ2v) is 7.30. The van der Waals surface area contributed by atoms with E-state index in [0.717, 1.165) is 10.5 Å². The minimum absolute atomic E-state index is 0.0378. The lowest BCUT2D eigenvalue weighted by Gasteiger charge is -2.26. The number of carboxylic acid groups (broad SMARTS) is 1. The van der Waals surface area contributed by atoms with Crippen molar-refractivity contribution in [2.45, 2.75) is 6.61 Å². The number of aromatic carboxylic acids is 1. The van der Waals surface area contributed by atoms with Gasteiger partial charge in [0, 0.05) is 5.56 Å². The Morgan fingerprint density at radius 2 is 1.62 bits per heavy atom. The summed E-state index contributed by atoms with van der Waals surface area (Å²) < 4.78 is 5.84. The molecule has 0 unspecified atom stereocenters. The molecule has 0 spiro atoms. The molecule has 1 saturated heterocycles. The summed E-state index contributed by atoms with van der Waals surface area (Å²) in [4.78, 5) is 49.6. The number of aromatic hydroxyl groups is 1. The van der Waals surface area contributed by atoms with Crippen LogP contribution in [0.1, 0.15) is 21.5 Å². The Hall–Kier alpha value is -4.92. The third-order valence-electron chi connectivity index (χ3n) is 5.02. The number of hydrogen-bond acceptors (Lipinski definition) is 6. The quantitative estimate of drug-likeness (QED) is 0.381. The van der Waals surface area contributed by atoms with Crippen molar-refractivity contribution in [3.63, 3.8) is 0 Å². The van der Waals surface area contributed by atoms with Crippen LogP contribution in [-0.2, 0) is 16.2 Å². The Kier molecular flexibility index (Phi) is 6.09. The van der Waals surface area contributed by atoms with Gasteiger partial charge in [0.15, 0.2) is 0 Å². The van der Waals surface area contributed by atoms with Crippen LogP contribution in [0.25, 0.3) is 6.08 Å². The van der Waals surface area contributed by atoms with Crippen LogP contribution in [-0.4, -0.2) is 34.0 Å². The van der Waals surface area contributed by atoms with Crippen molar-refractivity contribution in [2.75, 3.05) is 4.90 Å². The maximum absolute atomic E-state index is 13.0. The molecule has 4 amide bonds. The van der Waals surface area contributed by atoms with E-state index in [-0.39, 0.29) is 29.2 Å². The molecule has 3 N–H and O–H groups in total. The zero-order chi connectivity index (χ0) is 24.2. The molecule has 3 aromatic carbocycles. The highest BCUT2D eigenvalue weighted by molar-refractivity contribution is 6.39. The van der Waals surface area contributed by atoms with Gasteiger partial charge in [0.25, 0.3) is 11.8 Å². The molecule has 9 nitrogen and oxygen atoms in total. The van der Waals surface area contributed by atoms with E-state index in [1.54, 1.807) is 36.4 Å². The monoisotopic (exact) mass is 458 g/mol. The molecule has 3 aromatic rings. The summed E-state index contributed by atoms with van der Waals surface area (Å²) in [5, 5.41) is 20.6. The molecule has 1 aliphatic heterocycles. The molecule has 0 aromatic heterocycles. The van der Waals surface area contributed by atoms with Crippen LogP contribution in [0.15, 0.2) is 78.4 Å². The van der Waals surface area contributed by atoms with Gasteiger partial charge in [-0.05, 0) is 54.1 Å². The van der Waals surface area contributed by atoms with E-state index in [0.29, 0.717) is 11.3 Å². The predicted molar refractivity (Wildman–Crippen MR) is 121 cm³/mol. The van der Waals surface area contributed by atoms with Crippen molar-refractivity contribution >= 4 is 35.6 Å². The van der Waals surface area contributed by atoms with Gasteiger partial charge in [-0.15, -0.1) is 0 Å². The number of nitrogens with one attached hydrogen (secondary N) is 1. The van der Waals surface area contributed by atoms with Crippen LogP contribution in [0, 0.1) is 0 Å². The largest absolute Gasteiger partial charge is 0.508 e. The average Bonchev–Trinajstić information content (AvgIpc) is 2.82. The molecule has 0 atom stereocenters. The number of phenols is 1. The zero-order valence-electron chi connectivity index (χ0n) is 17.6. The molecule has 1 fully saturated rings. The van der Waals surface area contributed by atoms with Gasteiger partial charge in [-0.2, -0.15) is 0 Å². The molecule has 9 heteroatoms. The fourth-order valence-corrected chi connectivity index (χ4v) is 3.29. The van der Waals surface area contributed by atoms with Gasteiger partial charge in [-0.3, -0.25) is 14.9 Å². The summed E-state index contributed by atoms with van der Waals surface area (Å²) in [6.07, 6.45) is 1.33. The van der Waals surface area contributed by atoms with E-state index < -0.39 is 23.8 Å². The highest BCUT2D eigenvalue weighted by atomic mass is 16.5. The number of amides is 4. The van der Waals surface area contributed by atoms with Crippen molar-refractivity contribution in [3.05, 3.63) is 95.1 Å². The summed E-state index contributed by atoms with van der Waals surface area (Å²) >= 11 is 0. The number of imide groups is 2. The van der Waals surface area contributed by atoms with Crippen molar-refractivity contribution in [2.24, 2.45) is 0 Å². The highest BCUT2D eigenvalue weighted by Crippen LogP contribution is 2.27. The van der Waals surface area contributed by atoms with E-state index in [1.165, 1.54) is 42.5 Å². The van der Waals surface area contributed by atoms with Gasteiger partial charge in [0.2, 0.25) is 0 Å². The fraction of sp³-hybridized carbons (Fsp3) is 0.0400. The number of carboxylic acids is 1. The first kappa shape index (κ1) is 22.3. The number of benzene rings is 3. The van der Waals surface area contributed by atoms with Crippen LogP contribution in [0.2, 0.25) is 0 Å². The number of carbonyl (C=O) groups is 4. The predicted octanol–water partition coefficient (Wildman–Crippen LogP) is 3.34. The Bertz CT molecular complexity index is 1310. The normalized spacial score (nSPS) is 14.8. The van der Waals surface area contributed by atoms with E-state index in [1.807, 2.05) is 0 Å². The van der Waals surface area contributed by atoms with E-state index in [2.05, 4.69) is 5.32 Å². The number of anilines is 1. The number of rotatable bonds is 6. The van der Waals surface area contributed by atoms with Gasteiger partial charge in [-0.25, -0.2) is 14.5 Å². The Labute approximate surface area is 193 Å². The lowest BCUT2D eigenvalue weighted by Crippen LogP contribution is -2.54. The maximum atomic E-state index is 13.0. The summed E-state index contributed by atoms with van der Waals surface area (Å²) in [6.45, 7) is 0.123. The van der Waals surface area contributed by atoms with Crippen molar-refractivity contribution in [3.8, 4) is 11.5 Å². The number of nitrogens with zero attached hydrogens (tertiary/aromatic N) is 1. The van der Waals surface area contributed by atoms with Gasteiger partial charge in [0.05, 0.1) is 11.3 Å². The van der Waals surface area contributed by atoms with E-state index in [4.69, 9.17) is 9.84 Å². The lowest BCUT2D eigenvalue weighted by molar-refractivity contribution is -0.122. The van der Waals surface area contributed by atoms with Crippen molar-refractivity contribution in [1.29, 1.82) is 0 Å². The summed E-state index contributed by atoms with van der Waals surface area (Å²) in [7, 11) is 0. The molecule has 170 valence electrons. The molecule has 34 heavy (non-hydrogen) atoms. The first-order valence-electron chi connectivity index (χ1n) is 10.1. The van der Waals surface area contributed by atoms with E-state index >= 15 is 0 Å². The van der Waals surface area contributed by atoms with Crippen LogP contribution in [0.5, 0.6) is 11.5 Å². The Morgan fingerprint density at radius 3 is 2.29 bits per heavy atom. The number of para-hydroxylation sites is 1. The van der Waals surface area contributed by atoms with Gasteiger partial charge in [0.1, 0.15) is 23.7 Å². The average molecular weight is 458 g/mol. The second-order valence-electron chi connectivity index (χ2n) is 7.30. The Morgan fingerprint density at radius 1 is 0.941 bits per heavy atom. The number of ether oxygens (including phenoxy) is 1. The number of barbiturate groups is 1. The summed E-state index contributed by atoms with van der Waals surface area (Å²) in [6, 6.07) is 17.4. The minimum atomic E-state index is -1.03. The number of phenolic OH excluding ortho intramolecular Hbond substituents is 1. The lowest BCUT2D eigenvalue weighted by atomic mass is 10.1. The topological polar surface area (TPSA) is 133 Å². The van der Waals surface area contributed by atoms with Crippen molar-refractivity contribution < 1.29 is 34.1 Å². The number of hydrogen-bond donors (Lipinski definition) is 3. The van der Waals surface area contributed by atoms with Crippen molar-refractivity contribution in [1.82, 2.24) is 5.32 Å². The standard InChI is InChI=1S/C25H18N2O7/c28-19-11-9-18(10-12-19)27-23(30)20(22(29)26-25(27)33)13-17-3-1-2-4-21(17)34-14-15-5-7-16(8-6-15)24(31)32/h1-13,28H,14H2,(H,31,32)(H,26,29,33). The van der Waals surface area contributed by atoms with Crippen LogP contribution in [0.4, 0.5) is 10.5 Å². The van der Waals surface area contributed by atoms with Crippen LogP contribution >= 0.6 is 0 Å². The minimum Gasteiger partial charge on any atom is -0.508 e. The molecule has 0 aliphatic carbocycles. The summed E-state index contributed by atoms with van der Waals surface area (Å²) in [5.41, 5.74) is 1.23. The first-order chi connectivity index (χ1) is 16.3. The molecule has 4 rings (SSSR count). The third-order valence-corrected chi connectivity index (χ3v) is 5.02. The molecule has 1 heterocycles. The molecule has 0 bridgehead atoms. The molecule has 0 radical (unpaired) electrons. The molecular formula is C25H18N2O7. The zero-order valence-corrected chi connectivity index (χ0v) is 17.6. The molecule has 0 saturated carbocycles. The maximum Gasteiger partial charge on any atom is 0.335 e. The fourth-order valence-electron chi connectivity index (χ4n) is 3.29. The van der Waals surface area contributed by atoms with Gasteiger partial charge in [-0.1, -0.05) is 30.3 Å². The third kappa shape index (κ3) is 4.63. The van der Waals surface area contributed by atoms with E-state index in [9.17, 15) is 24.3 Å². The molecular weight excluding hydrogens is 440 g/mol. The molecule has 1 aliphatic rings. The number of carbonyl (C=O) groups excluding carboxylic acids is 3. The smallest absolute Gasteiger partial charge is 0.335 e. The number of urea groups is 1. The summed E-state index contributed by atoms with van der Waals surface area (Å²) in [5.74, 6) is -2.35. The SMILES string of the molecule is O=C1NC(=O)N(c2ccc(O)cc2)C(=O)C1=Cc1ccccc1OCc1ccc(C(=O)O)cc1. The second kappa shape index (κ2) is 9.29. The Balaban J connectivity index is 1.59. The highest BCUT2D eigenvalue weighted by Gasteiger charge is 2.37. The van der Waals surface area contributed by atoms with Crippen LogP contribution in [0.3, 0.4) is 0 Å². The van der Waals surface area contributed by atoms with Gasteiger partial charge >= 0.3 is 12.0 Å². The van der Waals surface area contributed by atoms with Crippen LogP contribution < -0.4 is 15.0 Å². The van der Waals surface area contributed by atoms with Gasteiger partial charge < -0.3 is 14.9 Å².